The van der Waals surface area contributed by atoms with E-state index < -0.39 is 16.5 Å². The van der Waals surface area contributed by atoms with Gasteiger partial charge in [-0.05, 0) is 12.1 Å². The van der Waals surface area contributed by atoms with Crippen molar-refractivity contribution in [3.05, 3.63) is 40.1 Å². The fourth-order valence-corrected chi connectivity index (χ4v) is 1.57. The molecule has 0 spiro atoms. The molecule has 0 unspecified atom stereocenters. The Morgan fingerprint density at radius 1 is 1.55 bits per heavy atom. The second-order valence-corrected chi connectivity index (χ2v) is 3.72. The van der Waals surface area contributed by atoms with E-state index in [0.717, 1.165) is 0 Å². The molecule has 1 heterocycles. The van der Waals surface area contributed by atoms with Gasteiger partial charge in [-0.2, -0.15) is 0 Å². The Labute approximate surface area is 112 Å². The van der Waals surface area contributed by atoms with Gasteiger partial charge >= 0.3 is 11.6 Å². The van der Waals surface area contributed by atoms with Crippen molar-refractivity contribution in [2.45, 2.75) is 0 Å². The topological polar surface area (TPSA) is 130 Å². The maximum atomic E-state index is 12.0. The predicted molar refractivity (Wildman–Crippen MR) is 67.9 cm³/mol. The Kier molecular flexibility index (Phi) is 3.51. The summed E-state index contributed by atoms with van der Waals surface area (Å²) in [6, 6.07) is 5.78. The fourth-order valence-electron chi connectivity index (χ4n) is 1.57. The van der Waals surface area contributed by atoms with Gasteiger partial charge in [0.25, 0.3) is 5.91 Å². The van der Waals surface area contributed by atoms with Crippen LogP contribution >= 0.6 is 0 Å². The normalized spacial score (nSPS) is 10.1. The predicted octanol–water partition coefficient (Wildman–Crippen LogP) is 1.28. The zero-order chi connectivity index (χ0) is 14.7. The molecule has 9 nitrogen and oxygen atoms in total. The lowest BCUT2D eigenvalue weighted by atomic mass is 10.3. The van der Waals surface area contributed by atoms with Crippen LogP contribution < -0.4 is 10.1 Å². The summed E-state index contributed by atoms with van der Waals surface area (Å²) in [6.45, 7) is 0. The van der Waals surface area contributed by atoms with Crippen LogP contribution in [0, 0.1) is 10.1 Å². The first-order valence-corrected chi connectivity index (χ1v) is 5.40. The maximum absolute atomic E-state index is 12.0. The van der Waals surface area contributed by atoms with Crippen molar-refractivity contribution in [3.63, 3.8) is 0 Å². The largest absolute Gasteiger partial charge is 0.508 e. The van der Waals surface area contributed by atoms with Gasteiger partial charge in [0, 0.05) is 11.8 Å². The zero-order valence-electron chi connectivity index (χ0n) is 10.3. The number of nitro groups is 1. The van der Waals surface area contributed by atoms with Crippen LogP contribution in [0.4, 0.5) is 11.4 Å². The number of amides is 1. The molecule has 2 aromatic rings. The average Bonchev–Trinajstić information content (AvgIpc) is 2.82. The minimum Gasteiger partial charge on any atom is -0.508 e. The molecule has 0 aliphatic rings. The first-order valence-electron chi connectivity index (χ1n) is 5.40. The lowest BCUT2D eigenvalue weighted by Crippen LogP contribution is -2.14. The van der Waals surface area contributed by atoms with E-state index in [1.165, 1.54) is 31.4 Å². The first kappa shape index (κ1) is 13.3. The molecule has 0 radical (unpaired) electrons. The summed E-state index contributed by atoms with van der Waals surface area (Å²) in [7, 11) is 1.21. The van der Waals surface area contributed by atoms with Gasteiger partial charge in [-0.1, -0.05) is 6.07 Å². The average molecular weight is 278 g/mol. The van der Waals surface area contributed by atoms with Crippen molar-refractivity contribution in [2.75, 3.05) is 12.4 Å². The number of phenolic OH excluding ortho intramolecular Hbond substituents is 1. The third kappa shape index (κ3) is 2.51. The number of H-pyrrole nitrogens is 1. The highest BCUT2D eigenvalue weighted by molar-refractivity contribution is 6.06. The lowest BCUT2D eigenvalue weighted by Gasteiger charge is -2.03. The number of carbonyl (C=O) groups excluding carboxylic acids is 1. The third-order valence-corrected chi connectivity index (χ3v) is 2.42. The van der Waals surface area contributed by atoms with E-state index in [0.29, 0.717) is 0 Å². The lowest BCUT2D eigenvalue weighted by molar-refractivity contribution is -0.386. The maximum Gasteiger partial charge on any atom is 0.362 e. The molecule has 0 saturated heterocycles. The van der Waals surface area contributed by atoms with Crippen LogP contribution in [0.25, 0.3) is 0 Å². The van der Waals surface area contributed by atoms with Crippen molar-refractivity contribution in [1.29, 1.82) is 0 Å². The summed E-state index contributed by atoms with van der Waals surface area (Å²) in [5, 5.41) is 28.4. The van der Waals surface area contributed by atoms with Crippen LogP contribution in [-0.4, -0.2) is 33.2 Å². The van der Waals surface area contributed by atoms with Crippen molar-refractivity contribution in [1.82, 2.24) is 10.2 Å². The molecule has 0 saturated carbocycles. The van der Waals surface area contributed by atoms with Crippen molar-refractivity contribution >= 4 is 17.3 Å². The van der Waals surface area contributed by atoms with Crippen LogP contribution in [0.3, 0.4) is 0 Å². The smallest absolute Gasteiger partial charge is 0.362 e. The molecule has 0 aliphatic heterocycles. The standard InChI is InChI=1S/C11H10N4O5/c1-20-11-9(15(18)19)8(13-14-11)10(17)12-6-3-2-4-7(16)5-6/h2-5,16H,1H3,(H,12,17)(H,13,14). The number of hydrogen-bond donors (Lipinski definition) is 3. The molecular weight excluding hydrogens is 268 g/mol. The molecule has 0 atom stereocenters. The number of rotatable bonds is 4. The number of hydrogen-bond acceptors (Lipinski definition) is 6. The number of aromatic amines is 1. The van der Waals surface area contributed by atoms with Crippen molar-refractivity contribution in [2.24, 2.45) is 0 Å². The van der Waals surface area contributed by atoms with Crippen LogP contribution in [0.15, 0.2) is 24.3 Å². The number of anilines is 1. The van der Waals surface area contributed by atoms with Crippen LogP contribution in [-0.2, 0) is 0 Å². The Bertz CT molecular complexity index is 667. The summed E-state index contributed by atoms with van der Waals surface area (Å²) in [4.78, 5) is 22.1. The van der Waals surface area contributed by atoms with Gasteiger partial charge < -0.3 is 15.2 Å². The van der Waals surface area contributed by atoms with E-state index in [1.807, 2.05) is 0 Å². The highest BCUT2D eigenvalue weighted by atomic mass is 16.6. The van der Waals surface area contributed by atoms with E-state index in [4.69, 9.17) is 4.74 Å². The number of carbonyl (C=O) groups is 1. The molecule has 2 rings (SSSR count). The minimum absolute atomic E-state index is 0.0421. The molecule has 104 valence electrons. The van der Waals surface area contributed by atoms with Gasteiger partial charge in [-0.25, -0.2) is 0 Å². The van der Waals surface area contributed by atoms with Crippen molar-refractivity contribution in [3.8, 4) is 11.6 Å². The van der Waals surface area contributed by atoms with E-state index >= 15 is 0 Å². The molecule has 0 fully saturated rings. The van der Waals surface area contributed by atoms with Crippen LogP contribution in [0.1, 0.15) is 10.5 Å². The van der Waals surface area contributed by atoms with Gasteiger partial charge in [-0.15, -0.1) is 5.10 Å². The quantitative estimate of drug-likeness (QED) is 0.570. The van der Waals surface area contributed by atoms with E-state index in [1.54, 1.807) is 0 Å². The molecular formula is C11H10N4O5. The number of nitrogens with zero attached hydrogens (tertiary/aromatic N) is 2. The number of nitrogens with one attached hydrogen (secondary N) is 2. The summed E-state index contributed by atoms with van der Waals surface area (Å²) in [5.74, 6) is -1.09. The van der Waals surface area contributed by atoms with Crippen LogP contribution in [0.5, 0.6) is 11.6 Å². The molecule has 1 amide bonds. The van der Waals surface area contributed by atoms with Gasteiger partial charge in [-0.3, -0.25) is 20.0 Å². The molecule has 3 N–H and O–H groups in total. The van der Waals surface area contributed by atoms with Gasteiger partial charge in [0.1, 0.15) is 5.75 Å². The number of phenols is 1. The molecule has 0 bridgehead atoms. The number of aromatic nitrogens is 2. The third-order valence-electron chi connectivity index (χ3n) is 2.42. The summed E-state index contributed by atoms with van der Waals surface area (Å²) in [5.41, 5.74) is -0.599. The monoisotopic (exact) mass is 278 g/mol. The molecule has 1 aromatic heterocycles. The second kappa shape index (κ2) is 5.26. The summed E-state index contributed by atoms with van der Waals surface area (Å²) in [6.07, 6.45) is 0. The molecule has 9 heteroatoms. The fraction of sp³-hybridized carbons (Fsp3) is 0.0909. The number of ether oxygens (including phenoxy) is 1. The van der Waals surface area contributed by atoms with Crippen molar-refractivity contribution < 1.29 is 19.6 Å². The molecule has 0 aliphatic carbocycles. The number of benzene rings is 1. The van der Waals surface area contributed by atoms with E-state index in [9.17, 15) is 20.0 Å². The SMILES string of the molecule is COc1n[nH]c(C(=O)Nc2cccc(O)c2)c1[N+](=O)[O-]. The van der Waals surface area contributed by atoms with Gasteiger partial charge in [0.15, 0.2) is 0 Å². The van der Waals surface area contributed by atoms with E-state index in [2.05, 4.69) is 15.5 Å². The molecule has 1 aromatic carbocycles. The number of methoxy groups -OCH3 is 1. The Hall–Kier alpha value is -3.10. The second-order valence-electron chi connectivity index (χ2n) is 3.72. The highest BCUT2D eigenvalue weighted by Gasteiger charge is 2.30. The zero-order valence-corrected chi connectivity index (χ0v) is 10.3. The minimum atomic E-state index is -0.766. The first-order chi connectivity index (χ1) is 9.52. The Morgan fingerprint density at radius 3 is 2.90 bits per heavy atom. The Morgan fingerprint density at radius 2 is 2.30 bits per heavy atom. The van der Waals surface area contributed by atoms with Gasteiger partial charge in [0.2, 0.25) is 5.69 Å². The highest BCUT2D eigenvalue weighted by Crippen LogP contribution is 2.28. The molecule has 20 heavy (non-hydrogen) atoms. The summed E-state index contributed by atoms with van der Waals surface area (Å²) < 4.78 is 4.70. The van der Waals surface area contributed by atoms with E-state index in [-0.39, 0.29) is 23.0 Å². The number of aromatic hydroxyl groups is 1. The van der Waals surface area contributed by atoms with Crippen LogP contribution in [0.2, 0.25) is 0 Å². The Balaban J connectivity index is 2.30. The van der Waals surface area contributed by atoms with Gasteiger partial charge in [0.05, 0.1) is 12.0 Å². The summed E-state index contributed by atoms with van der Waals surface area (Å²) >= 11 is 0.